The summed E-state index contributed by atoms with van der Waals surface area (Å²) in [6.07, 6.45) is 1.49. The van der Waals surface area contributed by atoms with Crippen molar-refractivity contribution in [3.8, 4) is 0 Å². The predicted molar refractivity (Wildman–Crippen MR) is 67.8 cm³/mol. The van der Waals surface area contributed by atoms with Gasteiger partial charge in [0.25, 0.3) is 9.05 Å². The molecule has 0 saturated heterocycles. The van der Waals surface area contributed by atoms with Gasteiger partial charge in [-0.3, -0.25) is 0 Å². The highest BCUT2D eigenvalue weighted by Gasteiger charge is 2.16. The average Bonchev–Trinajstić information content (AvgIpc) is 2.61. The molecule has 7 heteroatoms. The Balaban J connectivity index is 2.76. The van der Waals surface area contributed by atoms with Crippen molar-refractivity contribution >= 4 is 19.7 Å². The summed E-state index contributed by atoms with van der Waals surface area (Å²) in [6, 6.07) is 0. The van der Waals surface area contributed by atoms with Gasteiger partial charge in [-0.2, -0.15) is 0 Å². The highest BCUT2D eigenvalue weighted by Crippen LogP contribution is 2.13. The van der Waals surface area contributed by atoms with Crippen LogP contribution in [0.1, 0.15) is 19.7 Å². The Morgan fingerprint density at radius 1 is 1.41 bits per heavy atom. The van der Waals surface area contributed by atoms with Crippen LogP contribution in [0.5, 0.6) is 0 Å². The van der Waals surface area contributed by atoms with Crippen molar-refractivity contribution < 1.29 is 8.42 Å². The van der Waals surface area contributed by atoms with E-state index in [2.05, 4.69) is 23.7 Å². The van der Waals surface area contributed by atoms with Gasteiger partial charge in [-0.15, -0.1) is 0 Å². The van der Waals surface area contributed by atoms with Crippen LogP contribution < -0.4 is 0 Å². The van der Waals surface area contributed by atoms with Crippen LogP contribution in [-0.4, -0.2) is 42.5 Å². The number of hydrogen-bond donors (Lipinski definition) is 0. The molecule has 0 bridgehead atoms. The molecule has 1 aromatic heterocycles. The Hall–Kier alpha value is -0.590. The van der Waals surface area contributed by atoms with Gasteiger partial charge in [0.05, 0.1) is 0 Å². The summed E-state index contributed by atoms with van der Waals surface area (Å²) in [5, 5.41) is -0.0730. The lowest BCUT2D eigenvalue weighted by molar-refractivity contribution is 0.289. The molecule has 0 atom stereocenters. The van der Waals surface area contributed by atoms with Crippen molar-refractivity contribution in [2.75, 3.05) is 19.6 Å². The molecule has 0 aliphatic heterocycles. The van der Waals surface area contributed by atoms with Gasteiger partial charge in [0.15, 0.2) is 5.03 Å². The van der Waals surface area contributed by atoms with E-state index in [1.165, 1.54) is 6.20 Å². The molecule has 0 aliphatic rings. The molecule has 1 heterocycles. The first-order valence-electron chi connectivity index (χ1n) is 5.59. The second kappa shape index (κ2) is 5.84. The topological polar surface area (TPSA) is 55.2 Å². The lowest BCUT2D eigenvalue weighted by Gasteiger charge is -2.18. The van der Waals surface area contributed by atoms with Crippen molar-refractivity contribution in [1.29, 1.82) is 0 Å². The van der Waals surface area contributed by atoms with Crippen LogP contribution in [0.3, 0.4) is 0 Å². The van der Waals surface area contributed by atoms with Crippen LogP contribution >= 0.6 is 10.7 Å². The third-order valence-electron chi connectivity index (χ3n) is 2.76. The van der Waals surface area contributed by atoms with Gasteiger partial charge in [-0.1, -0.05) is 13.8 Å². The molecule has 0 aliphatic carbocycles. The first-order valence-corrected chi connectivity index (χ1v) is 7.90. The maximum Gasteiger partial charge on any atom is 0.280 e. The number of rotatable bonds is 6. The number of likely N-dealkylation sites (N-methyl/N-ethyl adjacent to an activating group) is 1. The normalized spacial score (nSPS) is 12.3. The van der Waals surface area contributed by atoms with Crippen molar-refractivity contribution in [1.82, 2.24) is 14.5 Å². The van der Waals surface area contributed by atoms with Gasteiger partial charge in [0.1, 0.15) is 5.82 Å². The van der Waals surface area contributed by atoms with Crippen molar-refractivity contribution in [3.05, 3.63) is 12.0 Å². The summed E-state index contributed by atoms with van der Waals surface area (Å²) >= 11 is 0. The van der Waals surface area contributed by atoms with E-state index in [4.69, 9.17) is 10.7 Å². The fraction of sp³-hybridized carbons (Fsp3) is 0.700. The van der Waals surface area contributed by atoms with Gasteiger partial charge >= 0.3 is 0 Å². The maximum absolute atomic E-state index is 11.1. The second-order valence-corrected chi connectivity index (χ2v) is 6.30. The first-order chi connectivity index (χ1) is 7.88. The summed E-state index contributed by atoms with van der Waals surface area (Å²) in [4.78, 5) is 6.19. The van der Waals surface area contributed by atoms with Gasteiger partial charge in [-0.05, 0) is 20.0 Å². The van der Waals surface area contributed by atoms with Crippen LogP contribution in [0.4, 0.5) is 0 Å². The number of hydrogen-bond acceptors (Lipinski definition) is 4. The molecule has 0 N–H and O–H groups in total. The molecule has 0 unspecified atom stereocenters. The number of halogens is 1. The van der Waals surface area contributed by atoms with E-state index in [1.807, 2.05) is 4.57 Å². The van der Waals surface area contributed by atoms with Crippen molar-refractivity contribution in [2.45, 2.75) is 32.3 Å². The maximum atomic E-state index is 11.1. The van der Waals surface area contributed by atoms with Crippen LogP contribution in [-0.2, 0) is 15.6 Å². The minimum atomic E-state index is -3.73. The average molecular weight is 280 g/mol. The fourth-order valence-electron chi connectivity index (χ4n) is 1.61. The fourth-order valence-corrected chi connectivity index (χ4v) is 2.33. The molecule has 5 nitrogen and oxygen atoms in total. The minimum absolute atomic E-state index is 0.0730. The zero-order chi connectivity index (χ0) is 13.1. The van der Waals surface area contributed by atoms with Gasteiger partial charge in [0.2, 0.25) is 0 Å². The van der Waals surface area contributed by atoms with E-state index < -0.39 is 9.05 Å². The Kier molecular flexibility index (Phi) is 4.97. The number of nitrogens with zero attached hydrogens (tertiary/aromatic N) is 3. The molecule has 0 radical (unpaired) electrons. The van der Waals surface area contributed by atoms with E-state index in [0.29, 0.717) is 12.4 Å². The highest BCUT2D eigenvalue weighted by molar-refractivity contribution is 8.13. The Bertz CT molecular complexity index is 466. The summed E-state index contributed by atoms with van der Waals surface area (Å²) < 4.78 is 24.1. The van der Waals surface area contributed by atoms with Crippen LogP contribution in [0.15, 0.2) is 11.2 Å². The molecule has 0 fully saturated rings. The Morgan fingerprint density at radius 3 is 2.41 bits per heavy atom. The summed E-state index contributed by atoms with van der Waals surface area (Å²) in [7, 11) is 1.52. The molecular formula is C10H18ClN3O2S. The first kappa shape index (κ1) is 14.5. The summed E-state index contributed by atoms with van der Waals surface area (Å²) in [5.74, 6) is 0.663. The third kappa shape index (κ3) is 3.97. The molecule has 0 saturated carbocycles. The van der Waals surface area contributed by atoms with Crippen LogP contribution in [0.2, 0.25) is 0 Å². The lowest BCUT2D eigenvalue weighted by atomic mass is 10.4. The smallest absolute Gasteiger partial charge is 0.280 e. The van der Waals surface area contributed by atoms with E-state index in [1.54, 1.807) is 6.92 Å². The second-order valence-electron chi connectivity index (χ2n) is 3.78. The molecule has 0 aromatic carbocycles. The molecule has 1 rings (SSSR count). The molecule has 1 aromatic rings. The zero-order valence-electron chi connectivity index (χ0n) is 10.4. The van der Waals surface area contributed by atoms with E-state index >= 15 is 0 Å². The Morgan fingerprint density at radius 2 is 2.00 bits per heavy atom. The largest absolute Gasteiger partial charge is 0.332 e. The predicted octanol–water partition coefficient (Wildman–Crippen LogP) is 1.46. The molecule has 0 spiro atoms. The minimum Gasteiger partial charge on any atom is -0.332 e. The summed E-state index contributed by atoms with van der Waals surface area (Å²) in [5.41, 5.74) is 0. The van der Waals surface area contributed by atoms with Gasteiger partial charge < -0.3 is 9.47 Å². The standard InChI is InChI=1S/C10H18ClN3O2S/c1-4-13(5-2)6-7-14-8-10(12-9(14)3)17(11,15)16/h8H,4-7H2,1-3H3. The number of aryl methyl sites for hydroxylation is 1. The highest BCUT2D eigenvalue weighted by atomic mass is 35.7. The van der Waals surface area contributed by atoms with E-state index in [9.17, 15) is 8.42 Å². The van der Waals surface area contributed by atoms with Crippen molar-refractivity contribution in [3.63, 3.8) is 0 Å². The SMILES string of the molecule is CCN(CC)CCn1cc(S(=O)(=O)Cl)nc1C. The van der Waals surface area contributed by atoms with Gasteiger partial charge in [-0.25, -0.2) is 13.4 Å². The molecule has 0 amide bonds. The third-order valence-corrected chi connectivity index (χ3v) is 3.93. The zero-order valence-corrected chi connectivity index (χ0v) is 11.9. The molecule has 17 heavy (non-hydrogen) atoms. The van der Waals surface area contributed by atoms with E-state index in [0.717, 1.165) is 19.6 Å². The Labute approximate surface area is 107 Å². The van der Waals surface area contributed by atoms with Gasteiger partial charge in [0, 0.05) is 30.0 Å². The molecule has 98 valence electrons. The molecular weight excluding hydrogens is 262 g/mol. The number of aromatic nitrogens is 2. The van der Waals surface area contributed by atoms with Crippen molar-refractivity contribution in [2.24, 2.45) is 0 Å². The lowest BCUT2D eigenvalue weighted by Crippen LogP contribution is -2.27. The summed E-state index contributed by atoms with van der Waals surface area (Å²) in [6.45, 7) is 9.50. The van der Waals surface area contributed by atoms with E-state index in [-0.39, 0.29) is 5.03 Å². The number of imidazole rings is 1. The van der Waals surface area contributed by atoms with Crippen LogP contribution in [0.25, 0.3) is 0 Å². The monoisotopic (exact) mass is 279 g/mol. The van der Waals surface area contributed by atoms with Crippen LogP contribution in [0, 0.1) is 6.92 Å². The quantitative estimate of drug-likeness (QED) is 0.740.